The molecular weight excluding hydrogens is 319 g/mol. The van der Waals surface area contributed by atoms with Crippen LogP contribution in [0.1, 0.15) is 21.6 Å². The highest BCUT2D eigenvalue weighted by atomic mass is 19.1. The normalized spacial score (nSPS) is 10.3. The molecule has 0 aliphatic rings. The first kappa shape index (κ1) is 16.6. The maximum Gasteiger partial charge on any atom is 0.251 e. The van der Waals surface area contributed by atoms with Crippen LogP contribution >= 0.6 is 0 Å². The number of amides is 1. The first-order valence-corrected chi connectivity index (χ1v) is 7.86. The molecule has 0 saturated heterocycles. The van der Waals surface area contributed by atoms with Crippen molar-refractivity contribution in [3.8, 4) is 5.75 Å². The average molecular weight is 336 g/mol. The van der Waals surface area contributed by atoms with E-state index in [-0.39, 0.29) is 11.7 Å². The van der Waals surface area contributed by atoms with E-state index in [2.05, 4.69) is 10.3 Å². The lowest BCUT2D eigenvalue weighted by molar-refractivity contribution is 0.0950. The first-order valence-electron chi connectivity index (χ1n) is 7.86. The second-order valence-electron chi connectivity index (χ2n) is 5.45. The maximum atomic E-state index is 12.9. The minimum atomic E-state index is -0.282. The number of halogens is 1. The molecule has 3 aromatic rings. The lowest BCUT2D eigenvalue weighted by Crippen LogP contribution is -2.23. The summed E-state index contributed by atoms with van der Waals surface area (Å²) in [5.41, 5.74) is 2.15. The Morgan fingerprint density at radius 1 is 1.04 bits per heavy atom. The highest BCUT2D eigenvalue weighted by molar-refractivity contribution is 5.94. The summed E-state index contributed by atoms with van der Waals surface area (Å²) in [6.07, 6.45) is 1.69. The van der Waals surface area contributed by atoms with Gasteiger partial charge in [0.25, 0.3) is 5.91 Å². The van der Waals surface area contributed by atoms with Gasteiger partial charge < -0.3 is 10.1 Å². The van der Waals surface area contributed by atoms with Gasteiger partial charge in [0, 0.05) is 11.8 Å². The predicted octanol–water partition coefficient (Wildman–Crippen LogP) is 3.73. The van der Waals surface area contributed by atoms with Crippen LogP contribution in [0.25, 0.3) is 0 Å². The summed E-state index contributed by atoms with van der Waals surface area (Å²) >= 11 is 0. The molecule has 1 N–H and O–H groups in total. The number of benzene rings is 2. The van der Waals surface area contributed by atoms with Gasteiger partial charge in [0.2, 0.25) is 0 Å². The van der Waals surface area contributed by atoms with E-state index in [0.29, 0.717) is 24.5 Å². The van der Waals surface area contributed by atoms with Crippen molar-refractivity contribution in [2.24, 2.45) is 0 Å². The highest BCUT2D eigenvalue weighted by Gasteiger charge is 2.07. The van der Waals surface area contributed by atoms with Crippen molar-refractivity contribution in [1.82, 2.24) is 10.3 Å². The van der Waals surface area contributed by atoms with Crippen molar-refractivity contribution >= 4 is 5.91 Å². The van der Waals surface area contributed by atoms with Crippen LogP contribution < -0.4 is 10.1 Å². The Morgan fingerprint density at radius 3 is 2.64 bits per heavy atom. The number of rotatable bonds is 6. The smallest absolute Gasteiger partial charge is 0.251 e. The molecule has 0 fully saturated rings. The predicted molar refractivity (Wildman–Crippen MR) is 92.6 cm³/mol. The SMILES string of the molecule is O=C(NCc1ccccn1)c1cccc(OCc2ccc(F)cc2)c1. The van der Waals surface area contributed by atoms with E-state index in [0.717, 1.165) is 11.3 Å². The van der Waals surface area contributed by atoms with Crippen molar-refractivity contribution in [3.63, 3.8) is 0 Å². The number of hydrogen-bond acceptors (Lipinski definition) is 3. The highest BCUT2D eigenvalue weighted by Crippen LogP contribution is 2.15. The average Bonchev–Trinajstić information content (AvgIpc) is 2.67. The molecule has 126 valence electrons. The third kappa shape index (κ3) is 4.88. The number of hydrogen-bond donors (Lipinski definition) is 1. The van der Waals surface area contributed by atoms with Crippen LogP contribution in [0.3, 0.4) is 0 Å². The maximum absolute atomic E-state index is 12.9. The van der Waals surface area contributed by atoms with Gasteiger partial charge in [-0.1, -0.05) is 24.3 Å². The van der Waals surface area contributed by atoms with E-state index in [1.54, 1.807) is 42.6 Å². The number of pyridine rings is 1. The number of carbonyl (C=O) groups excluding carboxylic acids is 1. The van der Waals surface area contributed by atoms with Gasteiger partial charge in [-0.2, -0.15) is 0 Å². The molecule has 0 saturated carbocycles. The molecule has 1 aromatic heterocycles. The fourth-order valence-corrected chi connectivity index (χ4v) is 2.25. The Kier molecular flexibility index (Phi) is 5.36. The van der Waals surface area contributed by atoms with Gasteiger partial charge >= 0.3 is 0 Å². The summed E-state index contributed by atoms with van der Waals surface area (Å²) < 4.78 is 18.6. The molecule has 0 atom stereocenters. The fourth-order valence-electron chi connectivity index (χ4n) is 2.25. The van der Waals surface area contributed by atoms with Crippen molar-refractivity contribution in [3.05, 3.63) is 95.6 Å². The molecule has 0 bridgehead atoms. The molecular formula is C20H17FN2O2. The van der Waals surface area contributed by atoms with Crippen molar-refractivity contribution in [1.29, 1.82) is 0 Å². The summed E-state index contributed by atoms with van der Waals surface area (Å²) in [6, 6.07) is 18.6. The first-order chi connectivity index (χ1) is 12.2. The topological polar surface area (TPSA) is 51.2 Å². The van der Waals surface area contributed by atoms with Gasteiger partial charge in [-0.25, -0.2) is 4.39 Å². The molecule has 5 heteroatoms. The summed E-state index contributed by atoms with van der Waals surface area (Å²) in [5, 5.41) is 2.82. The Labute approximate surface area is 145 Å². The summed E-state index contributed by atoms with van der Waals surface area (Å²) in [7, 11) is 0. The summed E-state index contributed by atoms with van der Waals surface area (Å²) in [6.45, 7) is 0.666. The zero-order valence-electron chi connectivity index (χ0n) is 13.5. The van der Waals surface area contributed by atoms with E-state index in [1.165, 1.54) is 12.1 Å². The molecule has 0 unspecified atom stereocenters. The lowest BCUT2D eigenvalue weighted by atomic mass is 10.2. The molecule has 1 amide bonds. The van der Waals surface area contributed by atoms with Gasteiger partial charge in [-0.3, -0.25) is 9.78 Å². The fraction of sp³-hybridized carbons (Fsp3) is 0.100. The number of nitrogens with one attached hydrogen (secondary N) is 1. The van der Waals surface area contributed by atoms with Gasteiger partial charge in [0.05, 0.1) is 12.2 Å². The van der Waals surface area contributed by atoms with Crippen LogP contribution in [0.2, 0.25) is 0 Å². The van der Waals surface area contributed by atoms with E-state index in [9.17, 15) is 9.18 Å². The van der Waals surface area contributed by atoms with E-state index in [4.69, 9.17) is 4.74 Å². The van der Waals surface area contributed by atoms with E-state index >= 15 is 0 Å². The number of nitrogens with zero attached hydrogens (tertiary/aromatic N) is 1. The molecule has 0 radical (unpaired) electrons. The van der Waals surface area contributed by atoms with Crippen LogP contribution in [0, 0.1) is 5.82 Å². The third-order valence-electron chi connectivity index (χ3n) is 3.57. The Morgan fingerprint density at radius 2 is 1.88 bits per heavy atom. The summed E-state index contributed by atoms with van der Waals surface area (Å²) in [4.78, 5) is 16.4. The monoisotopic (exact) mass is 336 g/mol. The van der Waals surface area contributed by atoms with Crippen LogP contribution in [0.5, 0.6) is 5.75 Å². The molecule has 1 heterocycles. The minimum absolute atomic E-state index is 0.196. The molecule has 0 spiro atoms. The van der Waals surface area contributed by atoms with Crippen molar-refractivity contribution < 1.29 is 13.9 Å². The lowest BCUT2D eigenvalue weighted by Gasteiger charge is -2.09. The van der Waals surface area contributed by atoms with E-state index < -0.39 is 0 Å². The third-order valence-corrected chi connectivity index (χ3v) is 3.57. The van der Waals surface area contributed by atoms with Crippen LogP contribution in [-0.2, 0) is 13.2 Å². The van der Waals surface area contributed by atoms with Crippen LogP contribution in [0.15, 0.2) is 72.9 Å². The second kappa shape index (κ2) is 8.06. The van der Waals surface area contributed by atoms with Gasteiger partial charge in [-0.05, 0) is 48.0 Å². The Balaban J connectivity index is 1.58. The number of ether oxygens (including phenoxy) is 1. The number of aromatic nitrogens is 1. The van der Waals surface area contributed by atoms with Crippen LogP contribution in [0.4, 0.5) is 4.39 Å². The van der Waals surface area contributed by atoms with E-state index in [1.807, 2.05) is 18.2 Å². The molecule has 25 heavy (non-hydrogen) atoms. The molecule has 3 rings (SSSR count). The molecule has 2 aromatic carbocycles. The second-order valence-corrected chi connectivity index (χ2v) is 5.45. The standard InChI is InChI=1S/C20H17FN2O2/c21-17-9-7-15(8-10-17)14-25-19-6-3-4-16(12-19)20(24)23-13-18-5-1-2-11-22-18/h1-12H,13-14H2,(H,23,24). The zero-order chi connectivity index (χ0) is 17.5. The molecule has 0 aliphatic heterocycles. The quantitative estimate of drug-likeness (QED) is 0.746. The van der Waals surface area contributed by atoms with Gasteiger partial charge in [-0.15, -0.1) is 0 Å². The van der Waals surface area contributed by atoms with Crippen molar-refractivity contribution in [2.45, 2.75) is 13.2 Å². The Bertz CT molecular complexity index is 836. The van der Waals surface area contributed by atoms with Crippen molar-refractivity contribution in [2.75, 3.05) is 0 Å². The van der Waals surface area contributed by atoms with Gasteiger partial charge in [0.1, 0.15) is 18.2 Å². The zero-order valence-corrected chi connectivity index (χ0v) is 13.5. The Hall–Kier alpha value is -3.21. The van der Waals surface area contributed by atoms with Crippen LogP contribution in [-0.4, -0.2) is 10.9 Å². The molecule has 0 aliphatic carbocycles. The minimum Gasteiger partial charge on any atom is -0.489 e. The largest absolute Gasteiger partial charge is 0.489 e. The number of carbonyl (C=O) groups is 1. The molecule has 4 nitrogen and oxygen atoms in total. The summed E-state index contributed by atoms with van der Waals surface area (Å²) in [5.74, 6) is 0.100. The van der Waals surface area contributed by atoms with Gasteiger partial charge in [0.15, 0.2) is 0 Å².